The van der Waals surface area contributed by atoms with Crippen LogP contribution in [0.5, 0.6) is 5.75 Å². The molecule has 0 aromatic heterocycles. The number of carbonyl (C=O) groups is 1. The number of methoxy groups -OCH3 is 1. The zero-order valence-electron chi connectivity index (χ0n) is 28.6. The highest BCUT2D eigenvalue weighted by Crippen LogP contribution is 2.77. The molecule has 44 heavy (non-hydrogen) atoms. The van der Waals surface area contributed by atoms with Crippen LogP contribution >= 0.6 is 0 Å². The van der Waals surface area contributed by atoms with Gasteiger partial charge in [0.2, 0.25) is 0 Å². The molecule has 0 radical (unpaired) electrons. The number of aliphatic hydroxyl groups excluding tert-OH is 1. The van der Waals surface area contributed by atoms with Crippen molar-refractivity contribution in [2.24, 2.45) is 56.7 Å². The van der Waals surface area contributed by atoms with Crippen molar-refractivity contribution in [1.29, 1.82) is 0 Å². The molecule has 0 aliphatic heterocycles. The number of carbonyl (C=O) groups excluding carboxylic acids is 1. The van der Waals surface area contributed by atoms with Gasteiger partial charge in [0.25, 0.3) is 0 Å². The van der Waals surface area contributed by atoms with Gasteiger partial charge < -0.3 is 14.6 Å². The summed E-state index contributed by atoms with van der Waals surface area (Å²) in [6.07, 6.45) is 15.0. The van der Waals surface area contributed by atoms with Crippen LogP contribution in [0.4, 0.5) is 0 Å². The number of hydrogen-bond donors (Lipinski definition) is 1. The zero-order chi connectivity index (χ0) is 31.7. The fraction of sp³-hybridized carbons (Fsp3) is 0.725. The third-order valence-corrected chi connectivity index (χ3v) is 15.2. The molecule has 1 aromatic rings. The molecule has 5 aliphatic carbocycles. The molecule has 242 valence electrons. The lowest BCUT2D eigenvalue weighted by molar-refractivity contribution is -0.249. The quantitative estimate of drug-likeness (QED) is 0.200. The predicted octanol–water partition coefficient (Wildman–Crippen LogP) is 9.27. The van der Waals surface area contributed by atoms with Crippen LogP contribution in [0.15, 0.2) is 42.5 Å². The minimum atomic E-state index is -0.245. The van der Waals surface area contributed by atoms with Gasteiger partial charge in [-0.15, -0.1) is 0 Å². The molecular weight excluding hydrogens is 544 g/mol. The Kier molecular flexibility index (Phi) is 7.99. The Labute approximate surface area is 267 Å². The Morgan fingerprint density at radius 1 is 0.909 bits per heavy atom. The molecule has 0 unspecified atom stereocenters. The van der Waals surface area contributed by atoms with E-state index in [1.54, 1.807) is 13.2 Å². The second kappa shape index (κ2) is 11.0. The van der Waals surface area contributed by atoms with Gasteiger partial charge in [0.05, 0.1) is 19.8 Å². The van der Waals surface area contributed by atoms with Crippen molar-refractivity contribution < 1.29 is 19.4 Å². The molecule has 0 saturated heterocycles. The van der Waals surface area contributed by atoms with Crippen molar-refractivity contribution in [3.63, 3.8) is 0 Å². The Hall–Kier alpha value is -2.07. The summed E-state index contributed by atoms with van der Waals surface area (Å²) >= 11 is 0. The average Bonchev–Trinajstić information content (AvgIpc) is 3.38. The summed E-state index contributed by atoms with van der Waals surface area (Å²) in [6.45, 7) is 19.9. The van der Waals surface area contributed by atoms with E-state index in [-0.39, 0.29) is 39.1 Å². The highest BCUT2D eigenvalue weighted by molar-refractivity contribution is 5.87. The molecule has 5 fully saturated rings. The topological polar surface area (TPSA) is 55.8 Å². The van der Waals surface area contributed by atoms with Crippen LogP contribution in [-0.4, -0.2) is 30.9 Å². The van der Waals surface area contributed by atoms with Crippen LogP contribution in [0.2, 0.25) is 0 Å². The van der Waals surface area contributed by atoms with Gasteiger partial charge in [-0.1, -0.05) is 58.9 Å². The Balaban J connectivity index is 1.25. The van der Waals surface area contributed by atoms with E-state index in [9.17, 15) is 9.90 Å². The van der Waals surface area contributed by atoms with E-state index in [1.807, 2.05) is 30.3 Å². The highest BCUT2D eigenvalue weighted by atomic mass is 16.5. The summed E-state index contributed by atoms with van der Waals surface area (Å²) in [5.74, 6) is 3.48. The van der Waals surface area contributed by atoms with Crippen LogP contribution in [0.1, 0.15) is 111 Å². The number of rotatable bonds is 6. The van der Waals surface area contributed by atoms with Crippen molar-refractivity contribution in [2.45, 2.75) is 112 Å². The number of fused-ring (bicyclic) bond motifs is 7. The van der Waals surface area contributed by atoms with Gasteiger partial charge in [-0.05, 0) is 146 Å². The maximum absolute atomic E-state index is 13.0. The Morgan fingerprint density at radius 3 is 2.32 bits per heavy atom. The fourth-order valence-corrected chi connectivity index (χ4v) is 12.7. The molecule has 5 saturated carbocycles. The molecule has 0 bridgehead atoms. The maximum atomic E-state index is 13.0. The van der Waals surface area contributed by atoms with Crippen molar-refractivity contribution in [3.8, 4) is 5.75 Å². The van der Waals surface area contributed by atoms with Gasteiger partial charge in [-0.2, -0.15) is 0 Å². The maximum Gasteiger partial charge on any atom is 0.330 e. The lowest BCUT2D eigenvalue weighted by Crippen LogP contribution is -2.66. The first-order valence-corrected chi connectivity index (χ1v) is 17.5. The minimum absolute atomic E-state index is 0.0179. The summed E-state index contributed by atoms with van der Waals surface area (Å²) in [7, 11) is 1.66. The van der Waals surface area contributed by atoms with E-state index >= 15 is 0 Å². The lowest BCUT2D eigenvalue weighted by Gasteiger charge is -2.73. The zero-order valence-corrected chi connectivity index (χ0v) is 28.6. The van der Waals surface area contributed by atoms with Gasteiger partial charge in [-0.3, -0.25) is 0 Å². The molecule has 6 rings (SSSR count). The smallest absolute Gasteiger partial charge is 0.330 e. The summed E-state index contributed by atoms with van der Waals surface area (Å²) in [5.41, 5.74) is 3.13. The number of esters is 1. The largest absolute Gasteiger partial charge is 0.497 e. The molecule has 0 heterocycles. The second-order valence-corrected chi connectivity index (χ2v) is 17.1. The first kappa shape index (κ1) is 31.9. The first-order valence-electron chi connectivity index (χ1n) is 17.5. The molecule has 1 aromatic carbocycles. The Morgan fingerprint density at radius 2 is 1.64 bits per heavy atom. The van der Waals surface area contributed by atoms with Gasteiger partial charge in [-0.25, -0.2) is 4.79 Å². The third kappa shape index (κ3) is 4.66. The molecule has 0 amide bonds. The first-order chi connectivity index (χ1) is 20.7. The molecular formula is C40H58O4. The lowest BCUT2D eigenvalue weighted by atomic mass is 9.32. The normalized spacial score (nSPS) is 44.2. The number of ether oxygens (including phenoxy) is 2. The highest BCUT2D eigenvalue weighted by Gasteiger charge is 2.71. The van der Waals surface area contributed by atoms with Crippen LogP contribution in [0.3, 0.4) is 0 Å². The molecule has 4 nitrogen and oxygen atoms in total. The van der Waals surface area contributed by atoms with E-state index in [0.717, 1.165) is 43.4 Å². The number of benzene rings is 1. The van der Waals surface area contributed by atoms with Crippen LogP contribution < -0.4 is 4.74 Å². The average molecular weight is 603 g/mol. The van der Waals surface area contributed by atoms with Crippen LogP contribution in [0.25, 0.3) is 6.08 Å². The van der Waals surface area contributed by atoms with Gasteiger partial charge in [0, 0.05) is 11.5 Å². The molecule has 1 N–H and O–H groups in total. The monoisotopic (exact) mass is 602 g/mol. The van der Waals surface area contributed by atoms with E-state index in [4.69, 9.17) is 9.47 Å². The second-order valence-electron chi connectivity index (χ2n) is 17.1. The Bertz CT molecular complexity index is 1290. The SMILES string of the molecule is C=C(C)[C@H]1CC[C@@]2(COC(=O)C=Cc3ccc(OC)cc3)CC[C@]3(C)[C@H](CC[C@H]4[C@]5(C)CC[C@H](O)C(C)(C)[C@@H]5CC[C@]43C)[C@H]12. The predicted molar refractivity (Wildman–Crippen MR) is 178 cm³/mol. The molecule has 0 spiro atoms. The van der Waals surface area contributed by atoms with Gasteiger partial charge >= 0.3 is 5.97 Å². The van der Waals surface area contributed by atoms with Gasteiger partial charge in [0.15, 0.2) is 0 Å². The van der Waals surface area contributed by atoms with Crippen LogP contribution in [-0.2, 0) is 9.53 Å². The van der Waals surface area contributed by atoms with E-state index < -0.39 is 0 Å². The molecule has 10 atom stereocenters. The third-order valence-electron chi connectivity index (χ3n) is 15.2. The summed E-state index contributed by atoms with van der Waals surface area (Å²) in [6, 6.07) is 7.72. The summed E-state index contributed by atoms with van der Waals surface area (Å²) in [4.78, 5) is 13.0. The van der Waals surface area contributed by atoms with Crippen molar-refractivity contribution in [3.05, 3.63) is 48.1 Å². The van der Waals surface area contributed by atoms with Crippen molar-refractivity contribution >= 4 is 12.0 Å². The fourth-order valence-electron chi connectivity index (χ4n) is 12.7. The summed E-state index contributed by atoms with van der Waals surface area (Å²) in [5, 5.41) is 11.0. The molecule has 4 heteroatoms. The summed E-state index contributed by atoms with van der Waals surface area (Å²) < 4.78 is 11.4. The van der Waals surface area contributed by atoms with Gasteiger partial charge in [0.1, 0.15) is 5.75 Å². The van der Waals surface area contributed by atoms with Crippen LogP contribution in [0, 0.1) is 56.7 Å². The van der Waals surface area contributed by atoms with Crippen molar-refractivity contribution in [2.75, 3.05) is 13.7 Å². The van der Waals surface area contributed by atoms with E-state index in [1.165, 1.54) is 37.7 Å². The number of allylic oxidation sites excluding steroid dienone is 1. The number of hydrogen-bond acceptors (Lipinski definition) is 4. The van der Waals surface area contributed by atoms with Crippen molar-refractivity contribution in [1.82, 2.24) is 0 Å². The standard InChI is InChI=1S/C40H58O4/c1-26(2)29-17-22-40(25-44-34(42)16-11-27-9-12-28(43-8)13-10-27)24-23-38(6)30(35(29)40)14-15-32-37(5)20-19-33(41)36(3,4)31(37)18-21-39(32,38)7/h9-13,16,29-33,35,41H,1,14-15,17-25H2,2-8H3/t29-,30-,31+,32+,33+,35+,37-,38-,39-,40+/m1/s1. The molecule has 5 aliphatic rings. The van der Waals surface area contributed by atoms with E-state index in [0.29, 0.717) is 36.2 Å². The minimum Gasteiger partial charge on any atom is -0.497 e. The van der Waals surface area contributed by atoms with E-state index in [2.05, 4.69) is 48.1 Å². The number of aliphatic hydroxyl groups is 1.